The van der Waals surface area contributed by atoms with E-state index in [1.807, 2.05) is 44.2 Å². The predicted molar refractivity (Wildman–Crippen MR) is 99.4 cm³/mol. The van der Waals surface area contributed by atoms with Crippen LogP contribution in [-0.4, -0.2) is 24.3 Å². The highest BCUT2D eigenvalue weighted by Crippen LogP contribution is 2.12. The summed E-state index contributed by atoms with van der Waals surface area (Å²) in [6.07, 6.45) is 1.51. The Labute approximate surface area is 152 Å². The van der Waals surface area contributed by atoms with Gasteiger partial charge in [0.15, 0.2) is 6.61 Å². The van der Waals surface area contributed by atoms with E-state index in [-0.39, 0.29) is 11.5 Å². The summed E-state index contributed by atoms with van der Waals surface area (Å²) in [6.45, 7) is 4.62. The van der Waals surface area contributed by atoms with E-state index in [2.05, 4.69) is 5.32 Å². The first-order chi connectivity index (χ1) is 12.4. The van der Waals surface area contributed by atoms with Crippen molar-refractivity contribution in [3.05, 3.63) is 76.5 Å². The Morgan fingerprint density at radius 2 is 1.73 bits per heavy atom. The summed E-state index contributed by atoms with van der Waals surface area (Å²) in [6, 6.07) is 14.6. The zero-order chi connectivity index (χ0) is 19.1. The van der Waals surface area contributed by atoms with Crippen LogP contribution in [0.15, 0.2) is 54.2 Å². The Hall–Kier alpha value is -3.21. The van der Waals surface area contributed by atoms with Gasteiger partial charge < -0.3 is 10.1 Å². The average molecular weight is 351 g/mol. The van der Waals surface area contributed by atoms with E-state index in [1.54, 1.807) is 18.2 Å². The van der Waals surface area contributed by atoms with Crippen LogP contribution in [0.2, 0.25) is 0 Å². The molecule has 0 atom stereocenters. The van der Waals surface area contributed by atoms with Gasteiger partial charge in [-0.1, -0.05) is 48.0 Å². The number of aryl methyl sites for hydroxylation is 2. The maximum absolute atomic E-state index is 12.3. The van der Waals surface area contributed by atoms with Crippen LogP contribution in [0.1, 0.15) is 34.0 Å². The maximum atomic E-state index is 12.3. The van der Waals surface area contributed by atoms with E-state index in [0.29, 0.717) is 5.56 Å². The first kappa shape index (κ1) is 19.1. The van der Waals surface area contributed by atoms with Gasteiger partial charge in [0.1, 0.15) is 5.70 Å². The summed E-state index contributed by atoms with van der Waals surface area (Å²) in [7, 11) is 0. The monoisotopic (exact) mass is 351 g/mol. The summed E-state index contributed by atoms with van der Waals surface area (Å²) >= 11 is 0. The van der Waals surface area contributed by atoms with Crippen molar-refractivity contribution in [2.24, 2.45) is 0 Å². The first-order valence-electron chi connectivity index (χ1n) is 8.18. The largest absolute Gasteiger partial charge is 0.453 e. The van der Waals surface area contributed by atoms with Crippen LogP contribution in [0, 0.1) is 13.8 Å². The minimum Gasteiger partial charge on any atom is -0.453 e. The molecule has 5 heteroatoms. The first-order valence-corrected chi connectivity index (χ1v) is 8.18. The number of rotatable bonds is 6. The predicted octanol–water partition coefficient (Wildman–Crippen LogP) is 3.21. The smallest absolute Gasteiger partial charge is 0.355 e. The average Bonchev–Trinajstić information content (AvgIpc) is 2.61. The van der Waals surface area contributed by atoms with E-state index in [4.69, 9.17) is 4.74 Å². The Morgan fingerprint density at radius 1 is 1.04 bits per heavy atom. The summed E-state index contributed by atoms with van der Waals surface area (Å²) in [5.74, 6) is -1.45. The van der Waals surface area contributed by atoms with Crippen LogP contribution < -0.4 is 5.32 Å². The Balaban J connectivity index is 2.12. The highest BCUT2D eigenvalue weighted by Gasteiger charge is 2.16. The van der Waals surface area contributed by atoms with Crippen molar-refractivity contribution in [2.75, 3.05) is 6.61 Å². The summed E-state index contributed by atoms with van der Waals surface area (Å²) in [5.41, 5.74) is 3.00. The molecule has 0 fully saturated rings. The highest BCUT2D eigenvalue weighted by molar-refractivity contribution is 6.02. The van der Waals surface area contributed by atoms with Gasteiger partial charge in [-0.15, -0.1) is 0 Å². The number of hydrogen-bond donors (Lipinski definition) is 1. The molecule has 5 nitrogen and oxygen atoms in total. The number of carbonyl (C=O) groups excluding carboxylic acids is 3. The molecular formula is C21H21NO4. The van der Waals surface area contributed by atoms with Crippen LogP contribution in [0.3, 0.4) is 0 Å². The van der Waals surface area contributed by atoms with Gasteiger partial charge in [-0.05, 0) is 37.1 Å². The van der Waals surface area contributed by atoms with E-state index < -0.39 is 18.5 Å². The minimum absolute atomic E-state index is 0.0162. The molecule has 0 unspecified atom stereocenters. The lowest BCUT2D eigenvalue weighted by molar-refractivity contribution is -0.139. The third-order valence-electron chi connectivity index (χ3n) is 3.67. The van der Waals surface area contributed by atoms with Crippen molar-refractivity contribution in [2.45, 2.75) is 20.8 Å². The lowest BCUT2D eigenvalue weighted by Gasteiger charge is -2.10. The number of ether oxygens (including phenoxy) is 1. The van der Waals surface area contributed by atoms with Gasteiger partial charge >= 0.3 is 5.97 Å². The molecule has 0 radical (unpaired) electrons. The van der Waals surface area contributed by atoms with Gasteiger partial charge in [-0.2, -0.15) is 0 Å². The number of nitrogens with one attached hydrogen (secondary N) is 1. The normalized spacial score (nSPS) is 11.0. The van der Waals surface area contributed by atoms with Crippen LogP contribution >= 0.6 is 0 Å². The Kier molecular flexibility index (Phi) is 6.44. The molecule has 0 spiro atoms. The summed E-state index contributed by atoms with van der Waals surface area (Å²) in [5, 5.41) is 2.45. The van der Waals surface area contributed by atoms with Gasteiger partial charge in [-0.3, -0.25) is 9.59 Å². The molecule has 0 bridgehead atoms. The van der Waals surface area contributed by atoms with Crippen LogP contribution in [0.25, 0.3) is 6.08 Å². The fraction of sp³-hybridized carbons (Fsp3) is 0.190. The van der Waals surface area contributed by atoms with Crippen molar-refractivity contribution in [1.82, 2.24) is 5.32 Å². The molecule has 0 heterocycles. The van der Waals surface area contributed by atoms with E-state index in [1.165, 1.54) is 13.0 Å². The molecule has 0 aliphatic rings. The number of esters is 1. The van der Waals surface area contributed by atoms with Crippen molar-refractivity contribution in [1.29, 1.82) is 0 Å². The summed E-state index contributed by atoms with van der Waals surface area (Å²) in [4.78, 5) is 36.0. The molecular weight excluding hydrogens is 330 g/mol. The Morgan fingerprint density at radius 3 is 2.38 bits per heavy atom. The van der Waals surface area contributed by atoms with Crippen molar-refractivity contribution >= 4 is 23.7 Å². The second-order valence-corrected chi connectivity index (χ2v) is 5.97. The molecule has 26 heavy (non-hydrogen) atoms. The van der Waals surface area contributed by atoms with E-state index >= 15 is 0 Å². The van der Waals surface area contributed by atoms with Crippen LogP contribution in [0.4, 0.5) is 0 Å². The van der Waals surface area contributed by atoms with Crippen molar-refractivity contribution in [3.63, 3.8) is 0 Å². The number of Topliss-reactive ketones (excluding diaryl/α,β-unsaturated/α-hetero) is 1. The second kappa shape index (κ2) is 8.76. The molecule has 2 aromatic rings. The SMILES string of the molecule is CC(=O)N/C(=C/c1ccccc1)C(=O)OCC(=O)c1cc(C)ccc1C. The molecule has 2 rings (SSSR count). The van der Waals surface area contributed by atoms with Gasteiger partial charge in [0.25, 0.3) is 0 Å². The van der Waals surface area contributed by atoms with Crippen LogP contribution in [0.5, 0.6) is 0 Å². The molecule has 134 valence electrons. The molecule has 0 aliphatic carbocycles. The number of benzene rings is 2. The van der Waals surface area contributed by atoms with Gasteiger partial charge in [0.2, 0.25) is 11.7 Å². The fourth-order valence-corrected chi connectivity index (χ4v) is 2.37. The highest BCUT2D eigenvalue weighted by atomic mass is 16.5. The van der Waals surface area contributed by atoms with Crippen molar-refractivity contribution < 1.29 is 19.1 Å². The lowest BCUT2D eigenvalue weighted by atomic mass is 10.0. The van der Waals surface area contributed by atoms with E-state index in [0.717, 1.165) is 16.7 Å². The lowest BCUT2D eigenvalue weighted by Crippen LogP contribution is -2.27. The third kappa shape index (κ3) is 5.41. The zero-order valence-corrected chi connectivity index (χ0v) is 15.0. The second-order valence-electron chi connectivity index (χ2n) is 5.97. The molecule has 0 saturated heterocycles. The molecule has 1 N–H and O–H groups in total. The van der Waals surface area contributed by atoms with Crippen molar-refractivity contribution in [3.8, 4) is 0 Å². The fourth-order valence-electron chi connectivity index (χ4n) is 2.37. The quantitative estimate of drug-likeness (QED) is 0.493. The third-order valence-corrected chi connectivity index (χ3v) is 3.67. The molecule has 2 aromatic carbocycles. The summed E-state index contributed by atoms with van der Waals surface area (Å²) < 4.78 is 5.12. The van der Waals surface area contributed by atoms with Gasteiger partial charge in [0.05, 0.1) is 0 Å². The minimum atomic E-state index is -0.761. The molecule has 1 amide bonds. The Bertz CT molecular complexity index is 854. The maximum Gasteiger partial charge on any atom is 0.355 e. The standard InChI is InChI=1S/C21H21NO4/c1-14-9-10-15(2)18(11-14)20(24)13-26-21(25)19(22-16(3)23)12-17-7-5-4-6-8-17/h4-12H,13H2,1-3H3,(H,22,23)/b19-12+. The number of carbonyl (C=O) groups is 3. The van der Waals surface area contributed by atoms with Gasteiger partial charge in [-0.25, -0.2) is 4.79 Å². The topological polar surface area (TPSA) is 72.5 Å². The molecule has 0 aromatic heterocycles. The number of amides is 1. The number of hydrogen-bond acceptors (Lipinski definition) is 4. The molecule has 0 aliphatic heterocycles. The molecule has 0 saturated carbocycles. The van der Waals surface area contributed by atoms with Gasteiger partial charge in [0, 0.05) is 12.5 Å². The zero-order valence-electron chi connectivity index (χ0n) is 15.0. The van der Waals surface area contributed by atoms with Crippen LogP contribution in [-0.2, 0) is 14.3 Å². The number of ketones is 1. The van der Waals surface area contributed by atoms with E-state index in [9.17, 15) is 14.4 Å².